The molecule has 15 heavy (non-hydrogen) atoms. The van der Waals surface area contributed by atoms with E-state index in [0.29, 0.717) is 16.5 Å². The summed E-state index contributed by atoms with van der Waals surface area (Å²) in [5, 5.41) is 21.2. The van der Waals surface area contributed by atoms with Gasteiger partial charge in [-0.3, -0.25) is 20.2 Å². The minimum atomic E-state index is -0.656. The molecule has 0 aliphatic rings. The number of nitro benzene ring substituents is 2. The van der Waals surface area contributed by atoms with Crippen LogP contribution in [-0.2, 0) is 6.42 Å². The van der Waals surface area contributed by atoms with Crippen LogP contribution in [0, 0.1) is 20.2 Å². The number of nitrogens with zero attached hydrogens (tertiary/aromatic N) is 2. The van der Waals surface area contributed by atoms with Gasteiger partial charge in [0.25, 0.3) is 11.4 Å². The Labute approximate surface area is 93.3 Å². The fraction of sp³-hybridized carbons (Fsp3) is 0.250. The van der Waals surface area contributed by atoms with Gasteiger partial charge in [0.1, 0.15) is 0 Å². The maximum Gasteiger partial charge on any atom is 0.280 e. The first-order valence-corrected chi connectivity index (χ1v) is 4.87. The Hall–Kier alpha value is -1.50. The molecule has 0 atom stereocenters. The van der Waals surface area contributed by atoms with Gasteiger partial charge >= 0.3 is 0 Å². The summed E-state index contributed by atoms with van der Waals surface area (Å²) in [7, 11) is 0. The van der Waals surface area contributed by atoms with Gasteiger partial charge in [0.2, 0.25) is 0 Å². The fourth-order valence-corrected chi connectivity index (χ4v) is 1.94. The number of rotatable bonds is 3. The third-order valence-corrected chi connectivity index (χ3v) is 2.63. The number of hydrogen-bond donors (Lipinski definition) is 0. The van der Waals surface area contributed by atoms with Gasteiger partial charge in [-0.2, -0.15) is 0 Å². The van der Waals surface area contributed by atoms with Crippen molar-refractivity contribution < 1.29 is 9.85 Å². The maximum atomic E-state index is 10.7. The molecule has 0 spiro atoms. The van der Waals surface area contributed by atoms with E-state index in [2.05, 4.69) is 15.9 Å². The Morgan fingerprint density at radius 3 is 2.27 bits per heavy atom. The number of hydrogen-bond acceptors (Lipinski definition) is 4. The number of non-ortho nitro benzene ring substituents is 1. The molecule has 1 aromatic rings. The Morgan fingerprint density at radius 2 is 1.87 bits per heavy atom. The number of nitro groups is 2. The lowest BCUT2D eigenvalue weighted by molar-refractivity contribution is -0.394. The Kier molecular flexibility index (Phi) is 3.35. The maximum absolute atomic E-state index is 10.7. The highest BCUT2D eigenvalue weighted by Crippen LogP contribution is 2.32. The summed E-state index contributed by atoms with van der Waals surface area (Å²) >= 11 is 3.09. The van der Waals surface area contributed by atoms with Crippen molar-refractivity contribution in [2.75, 3.05) is 0 Å². The zero-order valence-corrected chi connectivity index (χ0v) is 9.35. The van der Waals surface area contributed by atoms with Gasteiger partial charge in [0.05, 0.1) is 15.9 Å². The van der Waals surface area contributed by atoms with Crippen LogP contribution in [0.25, 0.3) is 0 Å². The van der Waals surface area contributed by atoms with E-state index >= 15 is 0 Å². The Morgan fingerprint density at radius 1 is 1.27 bits per heavy atom. The highest BCUT2D eigenvalue weighted by Gasteiger charge is 2.21. The largest absolute Gasteiger partial charge is 0.280 e. The molecule has 0 aliphatic heterocycles. The second-order valence-corrected chi connectivity index (χ2v) is 3.65. The first-order valence-electron chi connectivity index (χ1n) is 4.08. The van der Waals surface area contributed by atoms with E-state index in [9.17, 15) is 20.2 Å². The van der Waals surface area contributed by atoms with Crippen LogP contribution in [0.1, 0.15) is 12.5 Å². The van der Waals surface area contributed by atoms with Gasteiger partial charge < -0.3 is 0 Å². The summed E-state index contributed by atoms with van der Waals surface area (Å²) in [6.45, 7) is 1.75. The van der Waals surface area contributed by atoms with Crippen LogP contribution in [0.5, 0.6) is 0 Å². The average molecular weight is 275 g/mol. The van der Waals surface area contributed by atoms with Gasteiger partial charge in [0.15, 0.2) is 0 Å². The molecule has 0 bridgehead atoms. The van der Waals surface area contributed by atoms with Crippen molar-refractivity contribution >= 4 is 27.3 Å². The lowest BCUT2D eigenvalue weighted by Crippen LogP contribution is -1.98. The highest BCUT2D eigenvalue weighted by molar-refractivity contribution is 9.10. The summed E-state index contributed by atoms with van der Waals surface area (Å²) in [6, 6.07) is 2.25. The van der Waals surface area contributed by atoms with E-state index in [1.165, 1.54) is 6.07 Å². The normalized spacial score (nSPS) is 10.0. The third-order valence-electron chi connectivity index (χ3n) is 1.92. The third kappa shape index (κ3) is 2.30. The second-order valence-electron chi connectivity index (χ2n) is 2.79. The van der Waals surface area contributed by atoms with E-state index < -0.39 is 9.85 Å². The average Bonchev–Trinajstić information content (AvgIpc) is 2.16. The first-order chi connectivity index (χ1) is 6.97. The monoisotopic (exact) mass is 274 g/mol. The van der Waals surface area contributed by atoms with Crippen LogP contribution >= 0.6 is 15.9 Å². The van der Waals surface area contributed by atoms with Crippen molar-refractivity contribution in [3.8, 4) is 0 Å². The predicted octanol–water partition coefficient (Wildman–Crippen LogP) is 2.83. The van der Waals surface area contributed by atoms with Crippen molar-refractivity contribution in [2.45, 2.75) is 13.3 Å². The molecular weight excluding hydrogens is 268 g/mol. The molecule has 0 aliphatic carbocycles. The molecule has 0 heterocycles. The zero-order chi connectivity index (χ0) is 11.6. The summed E-state index contributed by atoms with van der Waals surface area (Å²) in [5.74, 6) is 0. The standard InChI is InChI=1S/C8H7BrN2O4/c1-2-6-7(9)3-5(10(12)13)4-8(6)11(14)15/h3-4H,2H2,1H3. The molecule has 0 radical (unpaired) electrons. The molecule has 0 amide bonds. The molecule has 0 unspecified atom stereocenters. The van der Waals surface area contributed by atoms with Crippen molar-refractivity contribution in [3.05, 3.63) is 42.4 Å². The second kappa shape index (κ2) is 4.35. The topological polar surface area (TPSA) is 86.3 Å². The van der Waals surface area contributed by atoms with E-state index in [0.717, 1.165) is 6.07 Å². The zero-order valence-electron chi connectivity index (χ0n) is 7.77. The summed E-state index contributed by atoms with van der Waals surface area (Å²) in [4.78, 5) is 19.9. The van der Waals surface area contributed by atoms with Gasteiger partial charge in [0, 0.05) is 16.1 Å². The number of halogens is 1. The van der Waals surface area contributed by atoms with Crippen LogP contribution in [0.15, 0.2) is 16.6 Å². The van der Waals surface area contributed by atoms with Crippen LogP contribution in [0.3, 0.4) is 0 Å². The molecule has 1 rings (SSSR count). The molecule has 1 aromatic carbocycles. The van der Waals surface area contributed by atoms with Crippen LogP contribution in [-0.4, -0.2) is 9.85 Å². The molecule has 7 heteroatoms. The van der Waals surface area contributed by atoms with Crippen molar-refractivity contribution in [3.63, 3.8) is 0 Å². The molecule has 0 aromatic heterocycles. The van der Waals surface area contributed by atoms with Crippen LogP contribution < -0.4 is 0 Å². The van der Waals surface area contributed by atoms with Gasteiger partial charge in [-0.15, -0.1) is 0 Å². The van der Waals surface area contributed by atoms with E-state index in [4.69, 9.17) is 0 Å². The quantitative estimate of drug-likeness (QED) is 0.626. The minimum Gasteiger partial charge on any atom is -0.258 e. The van der Waals surface area contributed by atoms with Crippen molar-refractivity contribution in [1.29, 1.82) is 0 Å². The first kappa shape index (κ1) is 11.6. The molecule has 0 saturated carbocycles. The summed E-state index contributed by atoms with van der Waals surface area (Å²) in [5.41, 5.74) is -0.0463. The van der Waals surface area contributed by atoms with E-state index in [-0.39, 0.29) is 11.4 Å². The minimum absolute atomic E-state index is 0.224. The summed E-state index contributed by atoms with van der Waals surface area (Å²) in [6.07, 6.45) is 0.439. The van der Waals surface area contributed by atoms with Crippen molar-refractivity contribution in [1.82, 2.24) is 0 Å². The van der Waals surface area contributed by atoms with Crippen molar-refractivity contribution in [2.24, 2.45) is 0 Å². The molecule has 80 valence electrons. The predicted molar refractivity (Wildman–Crippen MR) is 56.8 cm³/mol. The lowest BCUT2D eigenvalue weighted by atomic mass is 10.1. The Bertz CT molecular complexity index is 433. The molecular formula is C8H7BrN2O4. The van der Waals surface area contributed by atoms with E-state index in [1.807, 2.05) is 0 Å². The van der Waals surface area contributed by atoms with E-state index in [1.54, 1.807) is 6.92 Å². The highest BCUT2D eigenvalue weighted by atomic mass is 79.9. The van der Waals surface area contributed by atoms with Crippen LogP contribution in [0.4, 0.5) is 11.4 Å². The van der Waals surface area contributed by atoms with Gasteiger partial charge in [-0.1, -0.05) is 22.9 Å². The fourth-order valence-electron chi connectivity index (χ4n) is 1.23. The van der Waals surface area contributed by atoms with Crippen LogP contribution in [0.2, 0.25) is 0 Å². The molecule has 6 nitrogen and oxygen atoms in total. The SMILES string of the molecule is CCc1c(Br)cc([N+](=O)[O-])cc1[N+](=O)[O-]. The smallest absolute Gasteiger partial charge is 0.258 e. The number of benzene rings is 1. The van der Waals surface area contributed by atoms with Gasteiger partial charge in [-0.05, 0) is 6.42 Å². The Balaban J connectivity index is 3.45. The van der Waals surface area contributed by atoms with Gasteiger partial charge in [-0.25, -0.2) is 0 Å². The molecule has 0 N–H and O–H groups in total. The summed E-state index contributed by atoms with van der Waals surface area (Å²) < 4.78 is 0.394. The molecule has 0 fully saturated rings. The molecule has 0 saturated heterocycles. The lowest BCUT2D eigenvalue weighted by Gasteiger charge is -2.02.